The monoisotopic (exact) mass is 233 g/mol. The molecule has 1 nitrogen and oxygen atoms in total. The van der Waals surface area contributed by atoms with Crippen molar-refractivity contribution in [1.29, 1.82) is 0 Å². The molecule has 0 spiro atoms. The van der Waals surface area contributed by atoms with Gasteiger partial charge in [0.1, 0.15) is 0 Å². The zero-order valence-electron chi connectivity index (χ0n) is 8.22. The van der Waals surface area contributed by atoms with Gasteiger partial charge in [0, 0.05) is 24.0 Å². The average molecular weight is 234 g/mol. The van der Waals surface area contributed by atoms with Gasteiger partial charge in [0.05, 0.1) is 0 Å². The van der Waals surface area contributed by atoms with Gasteiger partial charge in [-0.05, 0) is 26.2 Å². The molecule has 1 atom stereocenters. The Kier molecular flexibility index (Phi) is 4.59. The van der Waals surface area contributed by atoms with E-state index in [9.17, 15) is 0 Å². The van der Waals surface area contributed by atoms with E-state index in [4.69, 9.17) is 0 Å². The zero-order valence-corrected chi connectivity index (χ0v) is 9.81. The Bertz CT molecular complexity index is 118. The summed E-state index contributed by atoms with van der Waals surface area (Å²) in [5.41, 5.74) is 0. The summed E-state index contributed by atoms with van der Waals surface area (Å²) in [6.07, 6.45) is 5.58. The molecular formula is C10H20BrN. The largest absolute Gasteiger partial charge is 0.297 e. The maximum Gasteiger partial charge on any atom is 0.0159 e. The SMILES string of the molecule is CCC(C)N(CCBr)C1CCC1. The van der Waals surface area contributed by atoms with E-state index in [1.165, 1.54) is 32.2 Å². The maximum absolute atomic E-state index is 3.53. The van der Waals surface area contributed by atoms with Crippen LogP contribution in [0.5, 0.6) is 0 Å². The van der Waals surface area contributed by atoms with E-state index in [0.29, 0.717) is 0 Å². The number of hydrogen-bond acceptors (Lipinski definition) is 1. The fraction of sp³-hybridized carbons (Fsp3) is 1.00. The highest BCUT2D eigenvalue weighted by Crippen LogP contribution is 2.27. The van der Waals surface area contributed by atoms with E-state index in [2.05, 4.69) is 34.7 Å². The Labute approximate surface area is 84.6 Å². The summed E-state index contributed by atoms with van der Waals surface area (Å²) in [7, 11) is 0. The Morgan fingerprint density at radius 3 is 2.50 bits per heavy atom. The van der Waals surface area contributed by atoms with Gasteiger partial charge in [0.25, 0.3) is 0 Å². The van der Waals surface area contributed by atoms with Crippen LogP contribution in [0.25, 0.3) is 0 Å². The quantitative estimate of drug-likeness (QED) is 0.661. The Morgan fingerprint density at radius 2 is 2.17 bits per heavy atom. The minimum Gasteiger partial charge on any atom is -0.297 e. The molecule has 72 valence electrons. The van der Waals surface area contributed by atoms with Crippen LogP contribution in [0.15, 0.2) is 0 Å². The van der Waals surface area contributed by atoms with E-state index >= 15 is 0 Å². The van der Waals surface area contributed by atoms with Crippen molar-refractivity contribution in [2.24, 2.45) is 0 Å². The van der Waals surface area contributed by atoms with Crippen molar-refractivity contribution >= 4 is 15.9 Å². The maximum atomic E-state index is 3.53. The molecular weight excluding hydrogens is 214 g/mol. The fourth-order valence-corrected chi connectivity index (χ4v) is 2.22. The van der Waals surface area contributed by atoms with Gasteiger partial charge >= 0.3 is 0 Å². The number of rotatable bonds is 5. The minimum absolute atomic E-state index is 0.771. The van der Waals surface area contributed by atoms with Crippen LogP contribution in [0, 0.1) is 0 Å². The van der Waals surface area contributed by atoms with Gasteiger partial charge in [-0.2, -0.15) is 0 Å². The lowest BCUT2D eigenvalue weighted by Gasteiger charge is -2.41. The molecule has 0 aromatic rings. The molecule has 1 saturated carbocycles. The molecule has 0 aliphatic heterocycles. The number of halogens is 1. The van der Waals surface area contributed by atoms with E-state index in [-0.39, 0.29) is 0 Å². The van der Waals surface area contributed by atoms with Crippen LogP contribution in [0.1, 0.15) is 39.5 Å². The molecule has 1 unspecified atom stereocenters. The second-order valence-electron chi connectivity index (χ2n) is 3.77. The minimum atomic E-state index is 0.771. The Morgan fingerprint density at radius 1 is 1.50 bits per heavy atom. The third-order valence-corrected chi connectivity index (χ3v) is 3.40. The first kappa shape index (κ1) is 10.5. The smallest absolute Gasteiger partial charge is 0.0159 e. The fourth-order valence-electron chi connectivity index (χ4n) is 1.81. The highest BCUT2D eigenvalue weighted by Gasteiger charge is 2.26. The molecule has 0 amide bonds. The van der Waals surface area contributed by atoms with Gasteiger partial charge in [-0.25, -0.2) is 0 Å². The molecule has 12 heavy (non-hydrogen) atoms. The van der Waals surface area contributed by atoms with Gasteiger partial charge in [0.2, 0.25) is 0 Å². The van der Waals surface area contributed by atoms with Crippen LogP contribution in [-0.4, -0.2) is 28.9 Å². The summed E-state index contributed by atoms with van der Waals surface area (Å²) in [6.45, 7) is 5.85. The lowest BCUT2D eigenvalue weighted by molar-refractivity contribution is 0.0927. The summed E-state index contributed by atoms with van der Waals surface area (Å²) >= 11 is 3.53. The van der Waals surface area contributed by atoms with Gasteiger partial charge in [0.15, 0.2) is 0 Å². The second-order valence-corrected chi connectivity index (χ2v) is 4.56. The Hall–Kier alpha value is 0.440. The van der Waals surface area contributed by atoms with E-state index in [1.54, 1.807) is 0 Å². The summed E-state index contributed by atoms with van der Waals surface area (Å²) in [5, 5.41) is 1.12. The number of nitrogens with zero attached hydrogens (tertiary/aromatic N) is 1. The molecule has 1 fully saturated rings. The average Bonchev–Trinajstić information content (AvgIpc) is 1.99. The van der Waals surface area contributed by atoms with Crippen molar-refractivity contribution in [3.05, 3.63) is 0 Å². The van der Waals surface area contributed by atoms with Crippen molar-refractivity contribution < 1.29 is 0 Å². The summed E-state index contributed by atoms with van der Waals surface area (Å²) in [6, 6.07) is 1.67. The number of hydrogen-bond donors (Lipinski definition) is 0. The summed E-state index contributed by atoms with van der Waals surface area (Å²) in [5.74, 6) is 0. The van der Waals surface area contributed by atoms with Crippen molar-refractivity contribution in [2.45, 2.75) is 51.6 Å². The third kappa shape index (κ3) is 2.46. The van der Waals surface area contributed by atoms with E-state index < -0.39 is 0 Å². The highest BCUT2D eigenvalue weighted by molar-refractivity contribution is 9.09. The first-order valence-corrected chi connectivity index (χ1v) is 6.23. The molecule has 0 heterocycles. The van der Waals surface area contributed by atoms with Gasteiger partial charge in [-0.1, -0.05) is 29.3 Å². The molecule has 0 aromatic carbocycles. The molecule has 0 bridgehead atoms. The summed E-state index contributed by atoms with van der Waals surface area (Å²) in [4.78, 5) is 2.66. The van der Waals surface area contributed by atoms with Crippen LogP contribution in [0.3, 0.4) is 0 Å². The third-order valence-electron chi connectivity index (χ3n) is 3.04. The van der Waals surface area contributed by atoms with Gasteiger partial charge in [-0.15, -0.1) is 0 Å². The Balaban J connectivity index is 2.35. The molecule has 0 aromatic heterocycles. The normalized spacial score (nSPS) is 21.0. The topological polar surface area (TPSA) is 3.24 Å². The predicted molar refractivity (Wildman–Crippen MR) is 57.9 cm³/mol. The van der Waals surface area contributed by atoms with Crippen molar-refractivity contribution in [1.82, 2.24) is 4.90 Å². The lowest BCUT2D eigenvalue weighted by Crippen LogP contribution is -2.46. The number of alkyl halides is 1. The van der Waals surface area contributed by atoms with Crippen molar-refractivity contribution in [3.8, 4) is 0 Å². The lowest BCUT2D eigenvalue weighted by atomic mass is 9.90. The summed E-state index contributed by atoms with van der Waals surface area (Å²) < 4.78 is 0. The van der Waals surface area contributed by atoms with Gasteiger partial charge in [-0.3, -0.25) is 4.90 Å². The van der Waals surface area contributed by atoms with Crippen LogP contribution in [-0.2, 0) is 0 Å². The van der Waals surface area contributed by atoms with Crippen LogP contribution in [0.2, 0.25) is 0 Å². The standard InChI is InChI=1S/C10H20BrN/c1-3-9(2)12(8-7-11)10-5-4-6-10/h9-10H,3-8H2,1-2H3. The first-order chi connectivity index (χ1) is 5.79. The molecule has 1 aliphatic rings. The molecule has 0 N–H and O–H groups in total. The predicted octanol–water partition coefficient (Wildman–Crippen LogP) is 3.03. The van der Waals surface area contributed by atoms with Crippen LogP contribution in [0.4, 0.5) is 0 Å². The molecule has 0 radical (unpaired) electrons. The van der Waals surface area contributed by atoms with E-state index in [0.717, 1.165) is 17.4 Å². The van der Waals surface area contributed by atoms with Crippen LogP contribution < -0.4 is 0 Å². The molecule has 1 rings (SSSR count). The zero-order chi connectivity index (χ0) is 8.97. The first-order valence-electron chi connectivity index (χ1n) is 5.11. The molecule has 2 heteroatoms. The second kappa shape index (κ2) is 5.23. The molecule has 1 aliphatic carbocycles. The molecule has 0 saturated heterocycles. The van der Waals surface area contributed by atoms with E-state index in [1.807, 2.05) is 0 Å². The highest BCUT2D eigenvalue weighted by atomic mass is 79.9. The van der Waals surface area contributed by atoms with Crippen molar-refractivity contribution in [3.63, 3.8) is 0 Å². The van der Waals surface area contributed by atoms with Crippen molar-refractivity contribution in [2.75, 3.05) is 11.9 Å². The van der Waals surface area contributed by atoms with Gasteiger partial charge < -0.3 is 0 Å². The van der Waals surface area contributed by atoms with Crippen LogP contribution >= 0.6 is 15.9 Å².